The van der Waals surface area contributed by atoms with Crippen molar-refractivity contribution in [3.8, 4) is 5.75 Å². The molecule has 10 nitrogen and oxygen atoms in total. The fourth-order valence-corrected chi connectivity index (χ4v) is 3.62. The van der Waals surface area contributed by atoms with Crippen molar-refractivity contribution in [2.75, 3.05) is 6.61 Å². The minimum absolute atomic E-state index is 0.0534. The van der Waals surface area contributed by atoms with Crippen molar-refractivity contribution < 1.29 is 19.2 Å². The summed E-state index contributed by atoms with van der Waals surface area (Å²) in [5, 5.41) is 16.4. The number of fused-ring (bicyclic) bond motifs is 1. The molecule has 0 unspecified atom stereocenters. The molecule has 0 saturated heterocycles. The largest absolute Gasteiger partial charge is 0.472 e. The van der Waals surface area contributed by atoms with Crippen LogP contribution in [-0.2, 0) is 9.53 Å². The fraction of sp³-hybridized carbons (Fsp3) is 0.333. The number of aromatic nitrogens is 2. The number of carbonyl (C=O) groups is 1. The summed E-state index contributed by atoms with van der Waals surface area (Å²) in [7, 11) is 0. The molecule has 0 bridgehead atoms. The Bertz CT molecular complexity index is 1350. The van der Waals surface area contributed by atoms with E-state index >= 15 is 0 Å². The molecule has 0 amide bonds. The zero-order valence-corrected chi connectivity index (χ0v) is 21.3. The fourth-order valence-electron chi connectivity index (χ4n) is 3.26. The van der Waals surface area contributed by atoms with Crippen LogP contribution in [0.2, 0.25) is 0 Å². The van der Waals surface area contributed by atoms with Crippen LogP contribution in [0.3, 0.4) is 0 Å². The minimum atomic E-state index is -1.02. The lowest BCUT2D eigenvalue weighted by Gasteiger charge is -2.14. The molecule has 0 radical (unpaired) electrons. The van der Waals surface area contributed by atoms with Gasteiger partial charge in [0.05, 0.1) is 28.6 Å². The maximum absolute atomic E-state index is 13.2. The van der Waals surface area contributed by atoms with Gasteiger partial charge in [-0.1, -0.05) is 29.8 Å². The van der Waals surface area contributed by atoms with E-state index in [9.17, 15) is 19.7 Å². The Morgan fingerprint density at radius 1 is 1.26 bits per heavy atom. The molecule has 184 valence electrons. The van der Waals surface area contributed by atoms with Gasteiger partial charge < -0.3 is 9.47 Å². The lowest BCUT2D eigenvalue weighted by molar-refractivity contribution is -0.386. The number of hydrogen-bond donors (Lipinski definition) is 0. The molecule has 2 aromatic carbocycles. The van der Waals surface area contributed by atoms with Gasteiger partial charge in [-0.05, 0) is 50.6 Å². The predicted molar refractivity (Wildman–Crippen MR) is 135 cm³/mol. The Morgan fingerprint density at radius 3 is 2.66 bits per heavy atom. The topological polar surface area (TPSA) is 126 Å². The van der Waals surface area contributed by atoms with Gasteiger partial charge in [-0.2, -0.15) is 9.78 Å². The van der Waals surface area contributed by atoms with Crippen molar-refractivity contribution in [2.24, 2.45) is 5.10 Å². The highest BCUT2D eigenvalue weighted by Gasteiger charge is 2.22. The average Bonchev–Trinajstić information content (AvgIpc) is 2.83. The maximum Gasteiger partial charge on any atom is 0.347 e. The molecule has 1 aromatic heterocycles. The van der Waals surface area contributed by atoms with E-state index in [0.29, 0.717) is 22.3 Å². The van der Waals surface area contributed by atoms with Crippen molar-refractivity contribution in [2.45, 2.75) is 46.1 Å². The van der Waals surface area contributed by atoms with E-state index in [0.717, 1.165) is 10.9 Å². The van der Waals surface area contributed by atoms with E-state index in [4.69, 9.17) is 9.47 Å². The summed E-state index contributed by atoms with van der Waals surface area (Å²) in [4.78, 5) is 40.7. The summed E-state index contributed by atoms with van der Waals surface area (Å²) in [5.74, 6) is -0.272. The molecule has 0 spiro atoms. The molecule has 0 aliphatic carbocycles. The Morgan fingerprint density at radius 2 is 2.00 bits per heavy atom. The summed E-state index contributed by atoms with van der Waals surface area (Å²) in [6.45, 7) is 7.20. The number of ether oxygens (including phenoxy) is 2. The Labute approximate surface area is 209 Å². The van der Waals surface area contributed by atoms with Crippen LogP contribution >= 0.6 is 15.9 Å². The smallest absolute Gasteiger partial charge is 0.347 e. The van der Waals surface area contributed by atoms with Crippen LogP contribution in [0.1, 0.15) is 51.4 Å². The molecule has 3 rings (SSSR count). The molecule has 1 heterocycles. The average molecular weight is 545 g/mol. The molecule has 0 aliphatic heterocycles. The molecule has 11 heteroatoms. The highest BCUT2D eigenvalue weighted by atomic mass is 79.9. The summed E-state index contributed by atoms with van der Waals surface area (Å²) in [6.07, 6.45) is 1.07. The highest BCUT2D eigenvalue weighted by molar-refractivity contribution is 9.10. The molecule has 0 fully saturated rings. The lowest BCUT2D eigenvalue weighted by atomic mass is 10.1. The Hall–Kier alpha value is -3.60. The van der Waals surface area contributed by atoms with Gasteiger partial charge in [0.25, 0.3) is 5.56 Å². The normalized spacial score (nSPS) is 13.1. The molecule has 3 aromatic rings. The van der Waals surface area contributed by atoms with Gasteiger partial charge in [-0.15, -0.1) is 0 Å². The van der Waals surface area contributed by atoms with Crippen molar-refractivity contribution in [1.82, 2.24) is 9.66 Å². The first-order chi connectivity index (χ1) is 16.7. The lowest BCUT2D eigenvalue weighted by Crippen LogP contribution is -2.26. The molecular formula is C24H25BrN4O6. The number of nitrogens with zero attached hydrogens (tertiary/aromatic N) is 4. The molecule has 35 heavy (non-hydrogen) atoms. The van der Waals surface area contributed by atoms with Gasteiger partial charge in [0.1, 0.15) is 5.82 Å². The Balaban J connectivity index is 2.03. The van der Waals surface area contributed by atoms with E-state index in [1.807, 2.05) is 19.9 Å². The molecule has 2 atom stereocenters. The summed E-state index contributed by atoms with van der Waals surface area (Å²) >= 11 is 3.37. The van der Waals surface area contributed by atoms with E-state index in [1.165, 1.54) is 29.9 Å². The van der Waals surface area contributed by atoms with E-state index in [-0.39, 0.29) is 29.5 Å². The van der Waals surface area contributed by atoms with Gasteiger partial charge >= 0.3 is 11.7 Å². The van der Waals surface area contributed by atoms with Crippen LogP contribution < -0.4 is 10.3 Å². The predicted octanol–water partition coefficient (Wildman–Crippen LogP) is 4.79. The number of halogens is 1. The zero-order chi connectivity index (χ0) is 25.7. The number of benzene rings is 2. The number of rotatable bonds is 9. The SMILES string of the molecule is CCOC(=O)[C@H](C)Oc1ccc(C=Nn2c([C@H](C)CC)nc3ccc(Br)cc3c2=O)cc1[N+](=O)[O-]. The van der Waals surface area contributed by atoms with Gasteiger partial charge in [0.15, 0.2) is 11.9 Å². The van der Waals surface area contributed by atoms with Gasteiger partial charge in [0, 0.05) is 22.0 Å². The number of carbonyl (C=O) groups excluding carboxylic acids is 1. The summed E-state index contributed by atoms with van der Waals surface area (Å²) in [5.41, 5.74) is 0.234. The van der Waals surface area contributed by atoms with E-state index in [2.05, 4.69) is 26.0 Å². The first-order valence-corrected chi connectivity index (χ1v) is 11.8. The van der Waals surface area contributed by atoms with Crippen LogP contribution in [0, 0.1) is 10.1 Å². The number of nitro groups is 1. The van der Waals surface area contributed by atoms with Crippen LogP contribution in [0.25, 0.3) is 10.9 Å². The highest BCUT2D eigenvalue weighted by Crippen LogP contribution is 2.29. The second-order valence-corrected chi connectivity index (χ2v) is 8.71. The van der Waals surface area contributed by atoms with Crippen LogP contribution in [-0.4, -0.2) is 39.5 Å². The first-order valence-electron chi connectivity index (χ1n) is 11.0. The van der Waals surface area contributed by atoms with Gasteiger partial charge in [-0.25, -0.2) is 9.78 Å². The second-order valence-electron chi connectivity index (χ2n) is 7.80. The molecular weight excluding hydrogens is 520 g/mol. The minimum Gasteiger partial charge on any atom is -0.472 e. The van der Waals surface area contributed by atoms with Gasteiger partial charge in [-0.3, -0.25) is 14.9 Å². The third kappa shape index (κ3) is 5.91. The Kier molecular flexibility index (Phi) is 8.34. The van der Waals surface area contributed by atoms with Crippen molar-refractivity contribution in [3.63, 3.8) is 0 Å². The van der Waals surface area contributed by atoms with Crippen LogP contribution in [0.4, 0.5) is 5.69 Å². The summed E-state index contributed by atoms with van der Waals surface area (Å²) < 4.78 is 12.3. The van der Waals surface area contributed by atoms with Gasteiger partial charge in [0.2, 0.25) is 0 Å². The van der Waals surface area contributed by atoms with Crippen molar-refractivity contribution in [1.29, 1.82) is 0 Å². The molecule has 0 N–H and O–H groups in total. The standard InChI is InChI=1S/C24H25BrN4O6/c1-5-14(3)22-27-19-9-8-17(25)12-18(19)23(30)28(22)26-13-16-7-10-21(20(11-16)29(32)33)35-15(4)24(31)34-6-2/h7-15H,5-6H2,1-4H3/t14-,15+/m1/s1. The van der Waals surface area contributed by atoms with Crippen LogP contribution in [0.15, 0.2) is 50.8 Å². The monoisotopic (exact) mass is 544 g/mol. The van der Waals surface area contributed by atoms with E-state index < -0.39 is 17.0 Å². The third-order valence-corrected chi connectivity index (χ3v) is 5.80. The first kappa shape index (κ1) is 26.0. The third-order valence-electron chi connectivity index (χ3n) is 5.31. The van der Waals surface area contributed by atoms with Crippen molar-refractivity contribution >= 4 is 44.7 Å². The van der Waals surface area contributed by atoms with E-state index in [1.54, 1.807) is 25.1 Å². The molecule has 0 aliphatic rings. The summed E-state index contributed by atoms with van der Waals surface area (Å²) in [6, 6.07) is 9.44. The number of esters is 1. The zero-order valence-electron chi connectivity index (χ0n) is 19.7. The van der Waals surface area contributed by atoms with Crippen LogP contribution in [0.5, 0.6) is 5.75 Å². The maximum atomic E-state index is 13.2. The number of nitro benzene ring substituents is 1. The number of hydrogen-bond acceptors (Lipinski definition) is 8. The second kappa shape index (κ2) is 11.2. The molecule has 0 saturated carbocycles. The van der Waals surface area contributed by atoms with Crippen molar-refractivity contribution in [3.05, 3.63) is 72.7 Å². The quantitative estimate of drug-likeness (QED) is 0.164.